The number of ether oxygens (including phenoxy) is 2. The number of aliphatic hydroxyl groups is 1. The number of carbonyl (C=O) groups is 2. The van der Waals surface area contributed by atoms with Crippen LogP contribution < -0.4 is 0 Å². The van der Waals surface area contributed by atoms with Gasteiger partial charge in [-0.05, 0) is 74.7 Å². The number of aliphatic hydroxyl groups excluding tert-OH is 1. The second-order valence-electron chi connectivity index (χ2n) is 16.5. The zero-order valence-electron chi connectivity index (χ0n) is 30.1. The number of aryl methyl sites for hydroxylation is 1. The maximum absolute atomic E-state index is 12.4. The second kappa shape index (κ2) is 15.5. The van der Waals surface area contributed by atoms with Crippen LogP contribution in [0.4, 0.5) is 0 Å². The third kappa shape index (κ3) is 12.0. The lowest BCUT2D eigenvalue weighted by molar-refractivity contribution is -0.143. The summed E-state index contributed by atoms with van der Waals surface area (Å²) in [6, 6.07) is 4.02. The molecule has 0 radical (unpaired) electrons. The van der Waals surface area contributed by atoms with E-state index in [2.05, 4.69) is 89.2 Å². The van der Waals surface area contributed by atoms with Gasteiger partial charge in [0.2, 0.25) is 0 Å². The van der Waals surface area contributed by atoms with Crippen LogP contribution in [0.25, 0.3) is 0 Å². The molecule has 0 saturated carbocycles. The highest BCUT2D eigenvalue weighted by Gasteiger charge is 2.34. The van der Waals surface area contributed by atoms with E-state index in [9.17, 15) is 19.8 Å². The first-order valence-corrected chi connectivity index (χ1v) is 17.6. The summed E-state index contributed by atoms with van der Waals surface area (Å²) in [5, 5.41) is 21.9. The number of thioether (sulfide) groups is 1. The van der Waals surface area contributed by atoms with Crippen molar-refractivity contribution in [3.05, 3.63) is 51.8 Å². The summed E-state index contributed by atoms with van der Waals surface area (Å²) in [4.78, 5) is 24.9. The highest BCUT2D eigenvalue weighted by atomic mass is 32.2. The minimum Gasteiger partial charge on any atom is -0.508 e. The predicted octanol–water partition coefficient (Wildman–Crippen LogP) is 9.37. The fraction of sp³-hybridized carbons (Fsp3) is 0.684. The standard InChI is InChI=1S/C38H60O6S/c1-35(2,3)27-21-25(22-28(33(27)41)36(4,5)6)13-15-31(39)43-17-19-45-20-18-44-32(40)16-14-26-23-29(37(7,8)9)34(42)30(24-26)38(10,11)12/h21-23,26,41-42H,13-20,24H2,1-12H3. The number of phenolic OH excluding ortho intramolecular Hbond substituents is 1. The summed E-state index contributed by atoms with van der Waals surface area (Å²) in [7, 11) is 0. The number of allylic oxidation sites excluding steroid dienone is 3. The van der Waals surface area contributed by atoms with E-state index in [1.165, 1.54) is 0 Å². The van der Waals surface area contributed by atoms with E-state index in [0.717, 1.165) is 34.3 Å². The van der Waals surface area contributed by atoms with Crippen LogP contribution in [-0.4, -0.2) is 46.9 Å². The van der Waals surface area contributed by atoms with Gasteiger partial charge in [-0.25, -0.2) is 0 Å². The maximum Gasteiger partial charge on any atom is 0.306 e. The largest absolute Gasteiger partial charge is 0.508 e. The molecule has 0 fully saturated rings. The quantitative estimate of drug-likeness (QED) is 0.173. The fourth-order valence-corrected chi connectivity index (χ4v) is 6.16. The highest BCUT2D eigenvalue weighted by Crippen LogP contribution is 2.45. The van der Waals surface area contributed by atoms with Gasteiger partial charge in [-0.15, -0.1) is 0 Å². The van der Waals surface area contributed by atoms with Crippen molar-refractivity contribution in [3.63, 3.8) is 0 Å². The van der Waals surface area contributed by atoms with Crippen LogP contribution in [0, 0.1) is 16.7 Å². The number of rotatable bonds is 12. The third-order valence-electron chi connectivity index (χ3n) is 8.23. The monoisotopic (exact) mass is 644 g/mol. The predicted molar refractivity (Wildman–Crippen MR) is 187 cm³/mol. The Morgan fingerprint density at radius 3 is 1.69 bits per heavy atom. The van der Waals surface area contributed by atoms with Crippen molar-refractivity contribution in [1.29, 1.82) is 0 Å². The minimum absolute atomic E-state index is 0.141. The number of hydrogen-bond donors (Lipinski definition) is 2. The summed E-state index contributed by atoms with van der Waals surface area (Å²) in [6.07, 6.45) is 4.76. The van der Waals surface area contributed by atoms with Crippen molar-refractivity contribution in [1.82, 2.24) is 0 Å². The van der Waals surface area contributed by atoms with Crippen LogP contribution >= 0.6 is 11.8 Å². The third-order valence-corrected chi connectivity index (χ3v) is 9.14. The first-order chi connectivity index (χ1) is 20.5. The molecule has 1 aliphatic rings. The van der Waals surface area contributed by atoms with E-state index in [1.54, 1.807) is 11.8 Å². The van der Waals surface area contributed by atoms with Crippen molar-refractivity contribution < 1.29 is 29.3 Å². The van der Waals surface area contributed by atoms with Crippen LogP contribution in [0.2, 0.25) is 0 Å². The molecule has 0 heterocycles. The molecule has 0 spiro atoms. The van der Waals surface area contributed by atoms with Gasteiger partial charge in [0.1, 0.15) is 24.7 Å². The van der Waals surface area contributed by atoms with Gasteiger partial charge in [-0.3, -0.25) is 9.59 Å². The summed E-state index contributed by atoms with van der Waals surface area (Å²) >= 11 is 1.59. The maximum atomic E-state index is 12.4. The number of phenols is 1. The van der Waals surface area contributed by atoms with Gasteiger partial charge < -0.3 is 19.7 Å². The molecule has 6 nitrogen and oxygen atoms in total. The van der Waals surface area contributed by atoms with Crippen LogP contribution in [-0.2, 0) is 36.3 Å². The number of carbonyl (C=O) groups excluding carboxylic acids is 2. The normalized spacial score (nSPS) is 16.4. The average molecular weight is 645 g/mol. The van der Waals surface area contributed by atoms with Crippen molar-refractivity contribution in [2.45, 2.75) is 126 Å². The van der Waals surface area contributed by atoms with Crippen LogP contribution in [0.3, 0.4) is 0 Å². The Hall–Kier alpha value is -2.41. The van der Waals surface area contributed by atoms with Gasteiger partial charge in [-0.2, -0.15) is 11.8 Å². The summed E-state index contributed by atoms with van der Waals surface area (Å²) in [5.41, 5.74) is 4.07. The lowest BCUT2D eigenvalue weighted by Crippen LogP contribution is -2.25. The van der Waals surface area contributed by atoms with E-state index < -0.39 is 0 Å². The van der Waals surface area contributed by atoms with Crippen LogP contribution in [0.5, 0.6) is 5.75 Å². The molecule has 0 aliphatic heterocycles. The molecular formula is C38H60O6S. The van der Waals surface area contributed by atoms with Gasteiger partial charge in [0.05, 0.1) is 0 Å². The van der Waals surface area contributed by atoms with E-state index in [4.69, 9.17) is 9.47 Å². The first kappa shape index (κ1) is 38.8. The molecule has 1 aliphatic carbocycles. The van der Waals surface area contributed by atoms with Crippen LogP contribution in [0.15, 0.2) is 35.1 Å². The first-order valence-electron chi connectivity index (χ1n) is 16.4. The summed E-state index contributed by atoms with van der Waals surface area (Å²) in [6.45, 7) is 25.8. The van der Waals surface area contributed by atoms with Crippen LogP contribution in [0.1, 0.15) is 125 Å². The van der Waals surface area contributed by atoms with Gasteiger partial charge in [-0.1, -0.05) is 101 Å². The molecule has 7 heteroatoms. The van der Waals surface area contributed by atoms with Crippen molar-refractivity contribution in [3.8, 4) is 5.75 Å². The van der Waals surface area contributed by atoms with E-state index in [0.29, 0.717) is 55.5 Å². The molecule has 1 atom stereocenters. The highest BCUT2D eigenvalue weighted by molar-refractivity contribution is 7.99. The summed E-state index contributed by atoms with van der Waals surface area (Å²) < 4.78 is 10.9. The minimum atomic E-state index is -0.242. The smallest absolute Gasteiger partial charge is 0.306 e. The Morgan fingerprint density at radius 2 is 1.24 bits per heavy atom. The topological polar surface area (TPSA) is 93.1 Å². The average Bonchev–Trinajstić information content (AvgIpc) is 2.88. The molecule has 45 heavy (non-hydrogen) atoms. The van der Waals surface area contributed by atoms with Gasteiger partial charge in [0.25, 0.3) is 0 Å². The molecule has 254 valence electrons. The zero-order chi connectivity index (χ0) is 34.4. The van der Waals surface area contributed by atoms with Crippen molar-refractivity contribution in [2.24, 2.45) is 16.7 Å². The van der Waals surface area contributed by atoms with Crippen molar-refractivity contribution in [2.75, 3.05) is 24.7 Å². The molecule has 0 saturated heterocycles. The molecule has 0 amide bonds. The zero-order valence-corrected chi connectivity index (χ0v) is 30.9. The SMILES string of the molecule is CC(C)(C)C1=CC(CCC(=O)OCCSCCOC(=O)CCc2cc(C(C)(C)C)c(O)c(C(C)(C)C)c2)CC(C(C)(C)C)=C1O. The lowest BCUT2D eigenvalue weighted by Gasteiger charge is -2.35. The van der Waals surface area contributed by atoms with E-state index >= 15 is 0 Å². The van der Waals surface area contributed by atoms with Gasteiger partial charge >= 0.3 is 11.9 Å². The molecule has 1 aromatic rings. The Balaban J connectivity index is 1.72. The molecular weight excluding hydrogens is 584 g/mol. The van der Waals surface area contributed by atoms with Crippen molar-refractivity contribution >= 4 is 23.7 Å². The number of esters is 2. The van der Waals surface area contributed by atoms with Gasteiger partial charge in [0.15, 0.2) is 0 Å². The molecule has 2 N–H and O–H groups in total. The Morgan fingerprint density at radius 1 is 0.756 bits per heavy atom. The Kier molecular flexibility index (Phi) is 13.3. The molecule has 1 aromatic carbocycles. The lowest BCUT2D eigenvalue weighted by atomic mass is 9.70. The Labute approximate surface area is 277 Å². The number of aromatic hydroxyl groups is 1. The van der Waals surface area contributed by atoms with Gasteiger partial charge in [0, 0.05) is 24.3 Å². The fourth-order valence-electron chi connectivity index (χ4n) is 5.55. The molecule has 2 rings (SSSR count). The number of hydrogen-bond acceptors (Lipinski definition) is 7. The number of benzene rings is 1. The second-order valence-corrected chi connectivity index (χ2v) is 17.7. The molecule has 1 unspecified atom stereocenters. The van der Waals surface area contributed by atoms with E-state index in [1.807, 2.05) is 12.1 Å². The Bertz CT molecular complexity index is 1210. The molecule has 0 bridgehead atoms. The molecule has 0 aromatic heterocycles. The van der Waals surface area contributed by atoms with E-state index in [-0.39, 0.29) is 45.9 Å². The summed E-state index contributed by atoms with van der Waals surface area (Å²) in [5.74, 6) is 1.78.